The van der Waals surface area contributed by atoms with Crippen LogP contribution in [0.3, 0.4) is 0 Å². The van der Waals surface area contributed by atoms with Gasteiger partial charge in [0, 0.05) is 29.9 Å². The number of nitrogens with zero attached hydrogens (tertiary/aromatic N) is 1. The Bertz CT molecular complexity index is 979. The third-order valence-corrected chi connectivity index (χ3v) is 6.42. The van der Waals surface area contributed by atoms with Crippen molar-refractivity contribution in [1.82, 2.24) is 5.32 Å². The minimum atomic E-state index is -0.366. The molecule has 4 heteroatoms. The van der Waals surface area contributed by atoms with Gasteiger partial charge in [-0.3, -0.25) is 0 Å². The Labute approximate surface area is 193 Å². The van der Waals surface area contributed by atoms with Gasteiger partial charge in [0.25, 0.3) is 0 Å². The fraction of sp³-hybridized carbons (Fsp3) is 0.464. The van der Waals surface area contributed by atoms with Gasteiger partial charge >= 0.3 is 6.09 Å². The zero-order valence-corrected chi connectivity index (χ0v) is 20.5. The van der Waals surface area contributed by atoms with Crippen LogP contribution in [0.1, 0.15) is 71.4 Å². The number of unbranched alkanes of at least 4 members (excludes halogenated alkanes) is 1. The second-order valence-electron chi connectivity index (χ2n) is 9.16. The maximum absolute atomic E-state index is 12.4. The van der Waals surface area contributed by atoms with Crippen molar-refractivity contribution in [2.75, 3.05) is 18.0 Å². The molecule has 0 bridgehead atoms. The minimum absolute atomic E-state index is 0.0819. The van der Waals surface area contributed by atoms with E-state index in [1.807, 2.05) is 13.0 Å². The van der Waals surface area contributed by atoms with Crippen LogP contribution in [-0.4, -0.2) is 19.2 Å². The quantitative estimate of drug-likeness (QED) is 0.467. The number of nitrogens with one attached hydrogen (secondary N) is 1. The van der Waals surface area contributed by atoms with Gasteiger partial charge in [-0.1, -0.05) is 63.1 Å². The Morgan fingerprint density at radius 2 is 2.00 bits per heavy atom. The Morgan fingerprint density at radius 3 is 2.69 bits per heavy atom. The van der Waals surface area contributed by atoms with Crippen LogP contribution in [0.4, 0.5) is 10.5 Å². The van der Waals surface area contributed by atoms with Crippen molar-refractivity contribution < 1.29 is 9.53 Å². The SMILES string of the molecule is C/C=C/C1=C(OC(=O)NCCCC)C(=C/C=C2/N(CC)c3ccc(C)cc3C2(C)C)/CC1. The van der Waals surface area contributed by atoms with E-state index in [1.54, 1.807) is 0 Å². The number of benzene rings is 1. The smallest absolute Gasteiger partial charge is 0.410 e. The monoisotopic (exact) mass is 434 g/mol. The lowest BCUT2D eigenvalue weighted by atomic mass is 9.83. The van der Waals surface area contributed by atoms with E-state index in [4.69, 9.17) is 4.74 Å². The lowest BCUT2D eigenvalue weighted by Crippen LogP contribution is -2.26. The van der Waals surface area contributed by atoms with Crippen LogP contribution < -0.4 is 10.2 Å². The largest absolute Gasteiger partial charge is 0.412 e. The third kappa shape index (κ3) is 4.85. The van der Waals surface area contributed by atoms with Crippen molar-refractivity contribution in [3.05, 3.63) is 76.2 Å². The van der Waals surface area contributed by atoms with Crippen LogP contribution >= 0.6 is 0 Å². The second kappa shape index (κ2) is 10.2. The van der Waals surface area contributed by atoms with Gasteiger partial charge in [0.1, 0.15) is 5.76 Å². The summed E-state index contributed by atoms with van der Waals surface area (Å²) >= 11 is 0. The number of likely N-dealkylation sites (N-methyl/N-ethyl adjacent to an activating group) is 1. The van der Waals surface area contributed by atoms with Gasteiger partial charge in [-0.2, -0.15) is 0 Å². The average Bonchev–Trinajstić information content (AvgIpc) is 3.22. The summed E-state index contributed by atoms with van der Waals surface area (Å²) < 4.78 is 5.80. The molecule has 4 nitrogen and oxygen atoms in total. The minimum Gasteiger partial charge on any atom is -0.410 e. The Morgan fingerprint density at radius 1 is 1.22 bits per heavy atom. The van der Waals surface area contributed by atoms with Crippen molar-refractivity contribution in [2.24, 2.45) is 0 Å². The van der Waals surface area contributed by atoms with Crippen LogP contribution in [0.15, 0.2) is 65.1 Å². The molecular formula is C28H38N2O2. The van der Waals surface area contributed by atoms with Crippen molar-refractivity contribution in [3.8, 4) is 0 Å². The fourth-order valence-corrected chi connectivity index (χ4v) is 4.66. The maximum Gasteiger partial charge on any atom is 0.412 e. The molecule has 1 aromatic rings. The number of alkyl carbamates (subject to hydrolysis) is 1. The van der Waals surface area contributed by atoms with Crippen molar-refractivity contribution in [3.63, 3.8) is 0 Å². The number of rotatable bonds is 7. The van der Waals surface area contributed by atoms with Crippen molar-refractivity contribution in [1.29, 1.82) is 0 Å². The lowest BCUT2D eigenvalue weighted by Gasteiger charge is -2.26. The van der Waals surface area contributed by atoms with E-state index >= 15 is 0 Å². The molecule has 2 aliphatic rings. The highest BCUT2D eigenvalue weighted by Gasteiger charge is 2.39. The molecule has 0 fully saturated rings. The van der Waals surface area contributed by atoms with E-state index < -0.39 is 0 Å². The maximum atomic E-state index is 12.4. The first-order chi connectivity index (χ1) is 15.3. The fourth-order valence-electron chi connectivity index (χ4n) is 4.66. The standard InChI is InChI=1S/C28H38N2O2/c1-7-10-18-29-27(31)32-26-21(11-8-2)13-14-22(26)15-17-25-28(5,6)23-19-20(4)12-16-24(23)30(25)9-3/h8,11-12,15-17,19H,7,9-10,13-14,18H2,1-6H3,(H,29,31)/b11-8+,22-15+,25-17+. The summed E-state index contributed by atoms with van der Waals surface area (Å²) in [5.74, 6) is 0.709. The zero-order valence-electron chi connectivity index (χ0n) is 20.5. The van der Waals surface area contributed by atoms with Crippen molar-refractivity contribution >= 4 is 11.8 Å². The molecule has 1 aromatic carbocycles. The summed E-state index contributed by atoms with van der Waals surface area (Å²) in [6.07, 6.45) is 11.8. The number of hydrogen-bond acceptors (Lipinski definition) is 3. The van der Waals surface area contributed by atoms with Crippen LogP contribution in [0.5, 0.6) is 0 Å². The molecule has 0 saturated carbocycles. The Hall–Kier alpha value is -2.75. The highest BCUT2D eigenvalue weighted by molar-refractivity contribution is 5.72. The third-order valence-electron chi connectivity index (χ3n) is 6.42. The molecule has 172 valence electrons. The number of carbonyl (C=O) groups excluding carboxylic acids is 1. The normalized spacial score (nSPS) is 20.0. The molecule has 0 saturated heterocycles. The van der Waals surface area contributed by atoms with Gasteiger partial charge in [-0.15, -0.1) is 0 Å². The molecular weight excluding hydrogens is 396 g/mol. The van der Waals surface area contributed by atoms with Crippen LogP contribution in [0.2, 0.25) is 0 Å². The van der Waals surface area contributed by atoms with Gasteiger partial charge in [0.05, 0.1) is 0 Å². The summed E-state index contributed by atoms with van der Waals surface area (Å²) in [6, 6.07) is 6.73. The van der Waals surface area contributed by atoms with Gasteiger partial charge in [-0.05, 0) is 68.9 Å². The van der Waals surface area contributed by atoms with E-state index in [1.165, 1.54) is 22.5 Å². The number of hydrogen-bond donors (Lipinski definition) is 1. The molecule has 0 aromatic heterocycles. The number of ether oxygens (including phenoxy) is 1. The number of amides is 1. The van der Waals surface area contributed by atoms with Gasteiger partial charge in [0.2, 0.25) is 0 Å². The van der Waals surface area contributed by atoms with Gasteiger partial charge in [-0.25, -0.2) is 4.79 Å². The van der Waals surface area contributed by atoms with E-state index in [2.05, 4.69) is 81.3 Å². The summed E-state index contributed by atoms with van der Waals surface area (Å²) in [5.41, 5.74) is 7.30. The first kappa shape index (κ1) is 23.9. The molecule has 1 aliphatic carbocycles. The summed E-state index contributed by atoms with van der Waals surface area (Å²) in [5, 5.41) is 2.87. The van der Waals surface area contributed by atoms with Crippen LogP contribution in [0.25, 0.3) is 0 Å². The summed E-state index contributed by atoms with van der Waals surface area (Å²) in [7, 11) is 0. The molecule has 32 heavy (non-hydrogen) atoms. The number of anilines is 1. The predicted molar refractivity (Wildman–Crippen MR) is 134 cm³/mol. The van der Waals surface area contributed by atoms with Gasteiger partial charge < -0.3 is 15.0 Å². The first-order valence-electron chi connectivity index (χ1n) is 11.9. The van der Waals surface area contributed by atoms with Gasteiger partial charge in [0.15, 0.2) is 0 Å². The molecule has 0 atom stereocenters. The summed E-state index contributed by atoms with van der Waals surface area (Å²) in [4.78, 5) is 14.8. The average molecular weight is 435 g/mol. The van der Waals surface area contributed by atoms with E-state index in [0.717, 1.165) is 43.4 Å². The Kier molecular flexibility index (Phi) is 7.65. The first-order valence-corrected chi connectivity index (χ1v) is 11.9. The number of allylic oxidation sites excluding steroid dienone is 7. The van der Waals surface area contributed by atoms with Crippen LogP contribution in [0, 0.1) is 6.92 Å². The molecule has 1 aliphatic heterocycles. The Balaban J connectivity index is 1.93. The highest BCUT2D eigenvalue weighted by Crippen LogP contribution is 2.48. The number of fused-ring (bicyclic) bond motifs is 1. The topological polar surface area (TPSA) is 41.6 Å². The molecule has 0 unspecified atom stereocenters. The summed E-state index contributed by atoms with van der Waals surface area (Å²) in [6.45, 7) is 14.6. The van der Waals surface area contributed by atoms with E-state index in [-0.39, 0.29) is 11.5 Å². The molecule has 1 heterocycles. The molecule has 1 N–H and O–H groups in total. The molecule has 0 spiro atoms. The predicted octanol–water partition coefficient (Wildman–Crippen LogP) is 7.07. The molecule has 0 radical (unpaired) electrons. The number of aryl methyl sites for hydroxylation is 1. The van der Waals surface area contributed by atoms with Crippen LogP contribution in [-0.2, 0) is 10.2 Å². The van der Waals surface area contributed by atoms with Crippen molar-refractivity contribution in [2.45, 2.75) is 72.6 Å². The zero-order chi connectivity index (χ0) is 23.3. The highest BCUT2D eigenvalue weighted by atomic mass is 16.6. The molecule has 1 amide bonds. The van der Waals surface area contributed by atoms with E-state index in [9.17, 15) is 4.79 Å². The lowest BCUT2D eigenvalue weighted by molar-refractivity contribution is 0.177. The molecule has 3 rings (SSSR count). The number of carbonyl (C=O) groups is 1. The van der Waals surface area contributed by atoms with E-state index in [0.29, 0.717) is 12.3 Å². The second-order valence-corrected chi connectivity index (χ2v) is 9.16.